The number of amides is 3. The van der Waals surface area contributed by atoms with Crippen LogP contribution in [0.5, 0.6) is 0 Å². The Bertz CT molecular complexity index is 1330. The molecule has 2 aliphatic rings. The smallest absolute Gasteiger partial charge is 0.244 e. The van der Waals surface area contributed by atoms with Gasteiger partial charge in [-0.1, -0.05) is 73.3 Å². The minimum atomic E-state index is -0.995. The van der Waals surface area contributed by atoms with Crippen LogP contribution in [0.25, 0.3) is 10.8 Å². The van der Waals surface area contributed by atoms with Crippen molar-refractivity contribution in [3.8, 4) is 0 Å². The van der Waals surface area contributed by atoms with Gasteiger partial charge in [0.25, 0.3) is 0 Å². The number of nitrogens with one attached hydrogen (secondary N) is 4. The first kappa shape index (κ1) is 31.9. The maximum atomic E-state index is 12.9. The van der Waals surface area contributed by atoms with Crippen molar-refractivity contribution < 1.29 is 14.4 Å². The Labute approximate surface area is 247 Å². The SMILES string of the molecule is C=C1/C=C\C=C/CS/C=C\1C.CC(=O)NCNC(=O)[C@@H](Cc1ccc2ccccc2c1)NC(=O)C1(N)CCNCC1. The summed E-state index contributed by atoms with van der Waals surface area (Å²) in [5, 5.41) is 15.5. The highest BCUT2D eigenvalue weighted by atomic mass is 32.2. The predicted molar refractivity (Wildman–Crippen MR) is 169 cm³/mol. The molecule has 9 heteroatoms. The van der Waals surface area contributed by atoms with E-state index in [9.17, 15) is 14.4 Å². The Morgan fingerprint density at radius 2 is 1.80 bits per heavy atom. The Morgan fingerprint density at radius 1 is 1.07 bits per heavy atom. The molecule has 1 atom stereocenters. The molecule has 2 aliphatic heterocycles. The van der Waals surface area contributed by atoms with Crippen LogP contribution in [0.15, 0.2) is 89.9 Å². The van der Waals surface area contributed by atoms with Gasteiger partial charge in [-0.2, -0.15) is 0 Å². The molecule has 218 valence electrons. The summed E-state index contributed by atoms with van der Waals surface area (Å²) in [7, 11) is 0. The third-order valence-electron chi connectivity index (χ3n) is 6.93. The lowest BCUT2D eigenvalue weighted by Gasteiger charge is -2.33. The number of benzene rings is 2. The summed E-state index contributed by atoms with van der Waals surface area (Å²) in [4.78, 5) is 36.8. The van der Waals surface area contributed by atoms with Gasteiger partial charge in [-0.25, -0.2) is 0 Å². The Kier molecular flexibility index (Phi) is 12.4. The molecule has 2 aromatic rings. The number of allylic oxidation sites excluding steroid dienone is 5. The number of rotatable bonds is 7. The van der Waals surface area contributed by atoms with Gasteiger partial charge in [-0.3, -0.25) is 14.4 Å². The standard InChI is InChI=1S/C22H29N5O3.C10H12S/c1-15(28)25-14-26-20(29)19(27-21(30)22(23)8-10-24-11-9-22)13-16-6-7-17-4-2-3-5-18(17)12-16;1-9-6-4-3-5-7-11-8-10(9)2/h2-7,12,19,24H,8-11,13-14,23H2,1H3,(H,25,28)(H,26,29)(H,27,30);3-6,8H,1,7H2,2H3/b;5-3-,6-4-,10-8-/t19-;/m1./s1. The van der Waals surface area contributed by atoms with E-state index in [1.165, 1.54) is 12.5 Å². The third kappa shape index (κ3) is 10.4. The molecule has 0 bridgehead atoms. The quantitative estimate of drug-likeness (QED) is 0.322. The second kappa shape index (κ2) is 16.0. The molecule has 4 rings (SSSR count). The molecular formula is C32H41N5O3S. The number of carbonyl (C=O) groups excluding carboxylic acids is 3. The zero-order valence-corrected chi connectivity index (χ0v) is 24.7. The fourth-order valence-electron chi connectivity index (χ4n) is 4.33. The van der Waals surface area contributed by atoms with E-state index >= 15 is 0 Å². The van der Waals surface area contributed by atoms with Crippen LogP contribution < -0.4 is 27.0 Å². The number of thioether (sulfide) groups is 1. The molecule has 0 aliphatic carbocycles. The summed E-state index contributed by atoms with van der Waals surface area (Å²) < 4.78 is 0. The van der Waals surface area contributed by atoms with Crippen LogP contribution in [-0.4, -0.2) is 54.8 Å². The lowest BCUT2D eigenvalue weighted by molar-refractivity contribution is -0.132. The Balaban J connectivity index is 0.000000352. The molecule has 41 heavy (non-hydrogen) atoms. The maximum absolute atomic E-state index is 12.9. The summed E-state index contributed by atoms with van der Waals surface area (Å²) in [6, 6.07) is 13.1. The number of carbonyl (C=O) groups is 3. The zero-order valence-electron chi connectivity index (χ0n) is 23.9. The highest BCUT2D eigenvalue weighted by Gasteiger charge is 2.37. The Morgan fingerprint density at radius 3 is 2.54 bits per heavy atom. The van der Waals surface area contributed by atoms with Gasteiger partial charge in [0.15, 0.2) is 0 Å². The van der Waals surface area contributed by atoms with Gasteiger partial charge in [0.1, 0.15) is 6.04 Å². The third-order valence-corrected chi connectivity index (χ3v) is 7.83. The first-order chi connectivity index (χ1) is 19.7. The van der Waals surface area contributed by atoms with Crippen LogP contribution >= 0.6 is 11.8 Å². The molecular weight excluding hydrogens is 534 g/mol. The van der Waals surface area contributed by atoms with Crippen molar-refractivity contribution in [1.82, 2.24) is 21.3 Å². The second-order valence-electron chi connectivity index (χ2n) is 10.2. The van der Waals surface area contributed by atoms with Gasteiger partial charge in [-0.15, -0.1) is 11.8 Å². The van der Waals surface area contributed by atoms with Gasteiger partial charge in [0.2, 0.25) is 17.7 Å². The lowest BCUT2D eigenvalue weighted by atomic mass is 9.88. The van der Waals surface area contributed by atoms with Crippen LogP contribution in [-0.2, 0) is 20.8 Å². The number of nitrogens with two attached hydrogens (primary N) is 1. The molecule has 0 unspecified atom stereocenters. The molecule has 2 heterocycles. The molecule has 2 aromatic carbocycles. The van der Waals surface area contributed by atoms with Crippen molar-refractivity contribution in [3.63, 3.8) is 0 Å². The lowest BCUT2D eigenvalue weighted by Crippen LogP contribution is -2.62. The molecule has 8 nitrogen and oxygen atoms in total. The van der Waals surface area contributed by atoms with Gasteiger partial charge in [0, 0.05) is 19.1 Å². The second-order valence-corrected chi connectivity index (χ2v) is 11.1. The average molecular weight is 576 g/mol. The van der Waals surface area contributed by atoms with Crippen molar-refractivity contribution in [1.29, 1.82) is 0 Å². The zero-order chi connectivity index (χ0) is 29.7. The molecule has 0 radical (unpaired) electrons. The fourth-order valence-corrected chi connectivity index (χ4v) is 5.05. The summed E-state index contributed by atoms with van der Waals surface area (Å²) in [5.74, 6) is 0.0999. The van der Waals surface area contributed by atoms with E-state index < -0.39 is 11.6 Å². The topological polar surface area (TPSA) is 125 Å². The molecule has 3 amide bonds. The monoisotopic (exact) mass is 575 g/mol. The van der Waals surface area contributed by atoms with Gasteiger partial charge < -0.3 is 27.0 Å². The number of hydrogen-bond donors (Lipinski definition) is 5. The number of fused-ring (bicyclic) bond motifs is 1. The van der Waals surface area contributed by atoms with Crippen LogP contribution in [0.3, 0.4) is 0 Å². The summed E-state index contributed by atoms with van der Waals surface area (Å²) in [6.07, 6.45) is 9.61. The predicted octanol–water partition coefficient (Wildman–Crippen LogP) is 3.46. The van der Waals surface area contributed by atoms with Crippen LogP contribution in [0, 0.1) is 0 Å². The van der Waals surface area contributed by atoms with Crippen LogP contribution in [0.1, 0.15) is 32.3 Å². The van der Waals surface area contributed by atoms with E-state index in [0.29, 0.717) is 32.4 Å². The minimum Gasteiger partial charge on any atom is -0.342 e. The molecule has 1 saturated heterocycles. The van der Waals surface area contributed by atoms with E-state index in [1.807, 2.05) is 54.6 Å². The van der Waals surface area contributed by atoms with E-state index in [4.69, 9.17) is 5.73 Å². The minimum absolute atomic E-state index is 0.00402. The normalized spacial score (nSPS) is 19.9. The average Bonchev–Trinajstić information content (AvgIpc) is 3.05. The maximum Gasteiger partial charge on any atom is 0.244 e. The fraction of sp³-hybridized carbons (Fsp3) is 0.344. The molecule has 0 spiro atoms. The first-order valence-corrected chi connectivity index (χ1v) is 14.8. The molecule has 1 fully saturated rings. The largest absolute Gasteiger partial charge is 0.342 e. The van der Waals surface area contributed by atoms with Crippen LogP contribution in [0.4, 0.5) is 0 Å². The van der Waals surface area contributed by atoms with Crippen molar-refractivity contribution >= 4 is 40.3 Å². The van der Waals surface area contributed by atoms with E-state index in [-0.39, 0.29) is 24.4 Å². The van der Waals surface area contributed by atoms with Crippen LogP contribution in [0.2, 0.25) is 0 Å². The Hall–Kier alpha value is -3.66. The molecule has 0 aromatic heterocycles. The molecule has 6 N–H and O–H groups in total. The molecule has 0 saturated carbocycles. The summed E-state index contributed by atoms with van der Waals surface area (Å²) in [6.45, 7) is 8.71. The highest BCUT2D eigenvalue weighted by Crippen LogP contribution is 2.19. The van der Waals surface area contributed by atoms with Crippen molar-refractivity contribution in [2.24, 2.45) is 5.73 Å². The highest BCUT2D eigenvalue weighted by molar-refractivity contribution is 8.02. The number of hydrogen-bond acceptors (Lipinski definition) is 6. The van der Waals surface area contributed by atoms with Gasteiger partial charge in [0.05, 0.1) is 12.2 Å². The van der Waals surface area contributed by atoms with Gasteiger partial charge in [-0.05, 0) is 65.7 Å². The first-order valence-electron chi connectivity index (χ1n) is 13.8. The van der Waals surface area contributed by atoms with Gasteiger partial charge >= 0.3 is 0 Å². The summed E-state index contributed by atoms with van der Waals surface area (Å²) >= 11 is 1.80. The summed E-state index contributed by atoms with van der Waals surface area (Å²) in [5.41, 5.74) is 8.60. The van der Waals surface area contributed by atoms with E-state index in [2.05, 4.69) is 52.3 Å². The number of piperidine rings is 1. The van der Waals surface area contributed by atoms with E-state index in [0.717, 1.165) is 27.7 Å². The van der Waals surface area contributed by atoms with E-state index in [1.54, 1.807) is 11.8 Å². The van der Waals surface area contributed by atoms with Crippen molar-refractivity contribution in [2.75, 3.05) is 25.5 Å². The van der Waals surface area contributed by atoms with Crippen molar-refractivity contribution in [3.05, 3.63) is 95.5 Å². The van der Waals surface area contributed by atoms with Crippen molar-refractivity contribution in [2.45, 2.75) is 44.7 Å².